The van der Waals surface area contributed by atoms with Crippen LogP contribution in [0.1, 0.15) is 5.01 Å². The Balaban J connectivity index is 2.35. The van der Waals surface area contributed by atoms with E-state index in [1.54, 1.807) is 6.20 Å². The van der Waals surface area contributed by atoms with Crippen LogP contribution in [0, 0.1) is 0 Å². The smallest absolute Gasteiger partial charge is 0.153 e. The van der Waals surface area contributed by atoms with Crippen LogP contribution in [0.5, 0.6) is 0 Å². The Bertz CT molecular complexity index is 209. The number of aryl methyl sites for hydroxylation is 1. The van der Waals surface area contributed by atoms with E-state index in [1.807, 2.05) is 5.38 Å². The van der Waals surface area contributed by atoms with Crippen molar-refractivity contribution in [3.63, 3.8) is 0 Å². The van der Waals surface area contributed by atoms with E-state index in [0.717, 1.165) is 5.01 Å². The molecule has 1 heterocycles. The summed E-state index contributed by atoms with van der Waals surface area (Å²) in [6.45, 7) is 0. The van der Waals surface area contributed by atoms with E-state index in [0.29, 0.717) is 6.42 Å². The van der Waals surface area contributed by atoms with Crippen molar-refractivity contribution in [2.45, 2.75) is 6.42 Å². The summed E-state index contributed by atoms with van der Waals surface area (Å²) in [5, 5.41) is 2.78. The van der Waals surface area contributed by atoms with E-state index in [1.165, 1.54) is 11.3 Å². The lowest BCUT2D eigenvalue weighted by molar-refractivity contribution is 0.563. The van der Waals surface area contributed by atoms with E-state index < -0.39 is 11.1 Å². The van der Waals surface area contributed by atoms with Gasteiger partial charge in [-0.25, -0.2) is 9.19 Å². The van der Waals surface area contributed by atoms with Gasteiger partial charge in [0.2, 0.25) is 0 Å². The largest absolute Gasteiger partial charge is 0.306 e. The van der Waals surface area contributed by atoms with Crippen LogP contribution in [0.4, 0.5) is 0 Å². The molecule has 1 unspecified atom stereocenters. The van der Waals surface area contributed by atoms with E-state index >= 15 is 0 Å². The molecular formula is C5H7NO2S2. The minimum Gasteiger partial charge on any atom is -0.306 e. The molecule has 0 aromatic carbocycles. The van der Waals surface area contributed by atoms with Crippen molar-refractivity contribution in [3.8, 4) is 0 Å². The van der Waals surface area contributed by atoms with Crippen molar-refractivity contribution in [2.24, 2.45) is 0 Å². The van der Waals surface area contributed by atoms with Gasteiger partial charge < -0.3 is 4.55 Å². The molecule has 5 heteroatoms. The zero-order valence-corrected chi connectivity index (χ0v) is 6.82. The zero-order valence-electron chi connectivity index (χ0n) is 5.19. The van der Waals surface area contributed by atoms with Gasteiger partial charge >= 0.3 is 0 Å². The minimum absolute atomic E-state index is 0.285. The highest BCUT2D eigenvalue weighted by Crippen LogP contribution is 2.04. The van der Waals surface area contributed by atoms with Crippen molar-refractivity contribution in [1.29, 1.82) is 0 Å². The predicted molar refractivity (Wildman–Crippen MR) is 41.5 cm³/mol. The lowest BCUT2D eigenvalue weighted by atomic mass is 10.5. The van der Waals surface area contributed by atoms with Crippen molar-refractivity contribution in [2.75, 3.05) is 5.75 Å². The van der Waals surface area contributed by atoms with Crippen molar-refractivity contribution < 1.29 is 8.76 Å². The van der Waals surface area contributed by atoms with Gasteiger partial charge in [-0.3, -0.25) is 0 Å². The van der Waals surface area contributed by atoms with Gasteiger partial charge in [-0.2, -0.15) is 0 Å². The summed E-state index contributed by atoms with van der Waals surface area (Å²) < 4.78 is 18.6. The topological polar surface area (TPSA) is 50.2 Å². The van der Waals surface area contributed by atoms with E-state index in [4.69, 9.17) is 4.55 Å². The molecule has 0 aliphatic rings. The molecule has 0 fully saturated rings. The molecule has 1 rings (SSSR count). The molecule has 3 nitrogen and oxygen atoms in total. The highest BCUT2D eigenvalue weighted by atomic mass is 32.2. The first kappa shape index (κ1) is 7.84. The SMILES string of the molecule is O=S(O)CCc1nccs1. The molecule has 0 saturated carbocycles. The second kappa shape index (κ2) is 3.80. The third-order valence-electron chi connectivity index (χ3n) is 0.974. The monoisotopic (exact) mass is 177 g/mol. The van der Waals surface area contributed by atoms with E-state index in [-0.39, 0.29) is 5.75 Å². The van der Waals surface area contributed by atoms with Gasteiger partial charge in [0, 0.05) is 18.0 Å². The van der Waals surface area contributed by atoms with Gasteiger partial charge in [-0.15, -0.1) is 11.3 Å². The molecule has 0 saturated heterocycles. The van der Waals surface area contributed by atoms with Crippen molar-refractivity contribution >= 4 is 22.4 Å². The molecule has 1 atom stereocenters. The van der Waals surface area contributed by atoms with Crippen molar-refractivity contribution in [3.05, 3.63) is 16.6 Å². The third-order valence-corrected chi connectivity index (χ3v) is 2.37. The molecule has 0 amide bonds. The lowest BCUT2D eigenvalue weighted by Gasteiger charge is -1.89. The first-order valence-corrected chi connectivity index (χ1v) is 4.90. The van der Waals surface area contributed by atoms with Gasteiger partial charge in [-0.05, 0) is 0 Å². The highest BCUT2D eigenvalue weighted by Gasteiger charge is 1.97. The fourth-order valence-electron chi connectivity index (χ4n) is 0.551. The highest BCUT2D eigenvalue weighted by molar-refractivity contribution is 7.79. The van der Waals surface area contributed by atoms with Crippen LogP contribution in [-0.2, 0) is 17.5 Å². The Labute approximate surface area is 65.4 Å². The van der Waals surface area contributed by atoms with Crippen LogP contribution in [0.2, 0.25) is 0 Å². The van der Waals surface area contributed by atoms with Crippen LogP contribution in [-0.4, -0.2) is 19.5 Å². The van der Waals surface area contributed by atoms with Crippen LogP contribution >= 0.6 is 11.3 Å². The second-order valence-electron chi connectivity index (χ2n) is 1.70. The van der Waals surface area contributed by atoms with Gasteiger partial charge in [0.25, 0.3) is 0 Å². The van der Waals surface area contributed by atoms with Crippen LogP contribution in [0.25, 0.3) is 0 Å². The second-order valence-corrected chi connectivity index (χ2v) is 3.73. The molecule has 0 radical (unpaired) electrons. The quantitative estimate of drug-likeness (QED) is 0.698. The Morgan fingerprint density at radius 2 is 2.60 bits per heavy atom. The fraction of sp³-hybridized carbons (Fsp3) is 0.400. The summed E-state index contributed by atoms with van der Waals surface area (Å²) in [6.07, 6.45) is 2.29. The van der Waals surface area contributed by atoms with Gasteiger partial charge in [0.15, 0.2) is 11.1 Å². The Morgan fingerprint density at radius 1 is 1.80 bits per heavy atom. The van der Waals surface area contributed by atoms with Gasteiger partial charge in [0.05, 0.1) is 10.8 Å². The van der Waals surface area contributed by atoms with Crippen molar-refractivity contribution in [1.82, 2.24) is 4.98 Å². The summed E-state index contributed by atoms with van der Waals surface area (Å²) in [5.74, 6) is 0.285. The number of rotatable bonds is 3. The molecule has 0 spiro atoms. The molecule has 10 heavy (non-hydrogen) atoms. The molecule has 0 bridgehead atoms. The molecule has 0 aliphatic carbocycles. The molecule has 56 valence electrons. The third kappa shape index (κ3) is 2.55. The number of hydrogen-bond acceptors (Lipinski definition) is 3. The summed E-state index contributed by atoms with van der Waals surface area (Å²) in [7, 11) is 0. The Kier molecular flexibility index (Phi) is 2.98. The zero-order chi connectivity index (χ0) is 7.40. The Hall–Kier alpha value is -0.260. The first-order valence-electron chi connectivity index (χ1n) is 2.75. The Morgan fingerprint density at radius 3 is 3.10 bits per heavy atom. The first-order chi connectivity index (χ1) is 4.79. The average molecular weight is 177 g/mol. The maximum Gasteiger partial charge on any atom is 0.153 e. The number of aromatic nitrogens is 1. The molecular weight excluding hydrogens is 170 g/mol. The van der Waals surface area contributed by atoms with E-state index in [2.05, 4.69) is 4.98 Å². The number of thiazole rings is 1. The molecule has 1 aromatic heterocycles. The predicted octanol–water partition coefficient (Wildman–Crippen LogP) is 0.907. The van der Waals surface area contributed by atoms with E-state index in [9.17, 15) is 4.21 Å². The molecule has 1 aromatic rings. The molecule has 1 N–H and O–H groups in total. The normalized spacial score (nSPS) is 13.3. The summed E-state index contributed by atoms with van der Waals surface area (Å²) in [6, 6.07) is 0. The van der Waals surface area contributed by atoms with Gasteiger partial charge in [0.1, 0.15) is 0 Å². The number of nitrogens with zero attached hydrogens (tertiary/aromatic N) is 1. The van der Waals surface area contributed by atoms with Crippen LogP contribution < -0.4 is 0 Å². The lowest BCUT2D eigenvalue weighted by Crippen LogP contribution is -1.97. The van der Waals surface area contributed by atoms with Gasteiger partial charge in [-0.1, -0.05) is 0 Å². The van der Waals surface area contributed by atoms with Crippen LogP contribution in [0.3, 0.4) is 0 Å². The maximum absolute atomic E-state index is 10.2. The standard InChI is InChI=1S/C5H7NO2S2/c7-10(8)4-1-5-6-2-3-9-5/h2-3H,1,4H2,(H,7,8). The summed E-state index contributed by atoms with van der Waals surface area (Å²) >= 11 is -0.175. The van der Waals surface area contributed by atoms with Crippen LogP contribution in [0.15, 0.2) is 11.6 Å². The summed E-state index contributed by atoms with van der Waals surface area (Å²) in [5.41, 5.74) is 0. The average Bonchev–Trinajstić information content (AvgIpc) is 2.34. The number of hydrogen-bond donors (Lipinski definition) is 1. The molecule has 0 aliphatic heterocycles. The maximum atomic E-state index is 10.2. The summed E-state index contributed by atoms with van der Waals surface area (Å²) in [4.78, 5) is 3.96. The minimum atomic E-state index is -1.68. The fourth-order valence-corrected chi connectivity index (χ4v) is 1.67.